The van der Waals surface area contributed by atoms with Gasteiger partial charge in [-0.3, -0.25) is 0 Å². The summed E-state index contributed by atoms with van der Waals surface area (Å²) in [6.07, 6.45) is 3.12. The van der Waals surface area contributed by atoms with Gasteiger partial charge in [-0.1, -0.05) is 6.92 Å². The Morgan fingerprint density at radius 1 is 1.42 bits per heavy atom. The number of thiazole rings is 2. The first-order valence-corrected chi connectivity index (χ1v) is 10.2. The second-order valence-electron chi connectivity index (χ2n) is 6.22. The summed E-state index contributed by atoms with van der Waals surface area (Å²) in [4.78, 5) is 24.8. The molecule has 2 aromatic heterocycles. The molecule has 1 unspecified atom stereocenters. The molecule has 0 saturated carbocycles. The summed E-state index contributed by atoms with van der Waals surface area (Å²) in [5.41, 5.74) is 2.21. The van der Waals surface area contributed by atoms with Crippen LogP contribution in [0.25, 0.3) is 0 Å². The first-order chi connectivity index (χ1) is 11.6. The third-order valence-corrected chi connectivity index (χ3v) is 6.58. The van der Waals surface area contributed by atoms with Gasteiger partial charge in [-0.25, -0.2) is 14.8 Å². The van der Waals surface area contributed by atoms with E-state index in [1.165, 1.54) is 9.88 Å². The monoisotopic (exact) mass is 364 g/mol. The maximum absolute atomic E-state index is 12.5. The van der Waals surface area contributed by atoms with Crippen LogP contribution in [0, 0.1) is 13.8 Å². The number of likely N-dealkylation sites (tertiary alicyclic amines) is 1. The van der Waals surface area contributed by atoms with Crippen molar-refractivity contribution < 1.29 is 4.79 Å². The van der Waals surface area contributed by atoms with Crippen LogP contribution in [-0.4, -0.2) is 34.0 Å². The zero-order valence-corrected chi connectivity index (χ0v) is 16.1. The van der Waals surface area contributed by atoms with Gasteiger partial charge >= 0.3 is 6.03 Å². The van der Waals surface area contributed by atoms with Crippen LogP contribution in [0.1, 0.15) is 52.0 Å². The first kappa shape index (κ1) is 17.4. The van der Waals surface area contributed by atoms with E-state index in [0.29, 0.717) is 12.5 Å². The molecular formula is C17H24N4OS2. The number of hydrogen-bond acceptors (Lipinski definition) is 5. The standard InChI is InChI=1S/C17H24N4OS2/c1-4-14-10-23-16(20-14)13-6-5-7-21(9-13)17(22)18-8-15-19-11(2)12(3)24-15/h10,13H,4-9H2,1-3H3,(H,18,22). The van der Waals surface area contributed by atoms with E-state index < -0.39 is 0 Å². The molecule has 0 bridgehead atoms. The van der Waals surface area contributed by atoms with E-state index >= 15 is 0 Å². The first-order valence-electron chi connectivity index (χ1n) is 8.46. The molecule has 130 valence electrons. The van der Waals surface area contributed by atoms with Crippen molar-refractivity contribution in [3.05, 3.63) is 31.7 Å². The Hall–Kier alpha value is -1.47. The van der Waals surface area contributed by atoms with Crippen LogP contribution >= 0.6 is 22.7 Å². The summed E-state index contributed by atoms with van der Waals surface area (Å²) >= 11 is 3.38. The van der Waals surface area contributed by atoms with Crippen LogP contribution in [0.3, 0.4) is 0 Å². The van der Waals surface area contributed by atoms with Gasteiger partial charge < -0.3 is 10.2 Å². The molecule has 0 spiro atoms. The lowest BCUT2D eigenvalue weighted by Gasteiger charge is -2.31. The number of rotatable bonds is 4. The average molecular weight is 365 g/mol. The van der Waals surface area contributed by atoms with E-state index in [1.54, 1.807) is 22.7 Å². The van der Waals surface area contributed by atoms with Crippen LogP contribution < -0.4 is 5.32 Å². The molecule has 1 aliphatic rings. The van der Waals surface area contributed by atoms with Crippen molar-refractivity contribution in [3.63, 3.8) is 0 Å². The molecule has 2 aromatic rings. The fourth-order valence-electron chi connectivity index (χ4n) is 2.91. The largest absolute Gasteiger partial charge is 0.331 e. The molecule has 5 nitrogen and oxygen atoms in total. The van der Waals surface area contributed by atoms with Crippen LogP contribution in [0.2, 0.25) is 0 Å². The van der Waals surface area contributed by atoms with Crippen molar-refractivity contribution in [1.29, 1.82) is 0 Å². The van der Waals surface area contributed by atoms with Crippen molar-refractivity contribution in [2.75, 3.05) is 13.1 Å². The summed E-state index contributed by atoms with van der Waals surface area (Å²) in [5.74, 6) is 0.374. The number of piperidine rings is 1. The van der Waals surface area contributed by atoms with Crippen molar-refractivity contribution in [1.82, 2.24) is 20.2 Å². The lowest BCUT2D eigenvalue weighted by Crippen LogP contribution is -2.44. The van der Waals surface area contributed by atoms with Gasteiger partial charge in [-0.2, -0.15) is 0 Å². The molecular weight excluding hydrogens is 340 g/mol. The molecule has 3 rings (SSSR count). The zero-order valence-electron chi connectivity index (χ0n) is 14.5. The highest BCUT2D eigenvalue weighted by molar-refractivity contribution is 7.11. The maximum Gasteiger partial charge on any atom is 0.317 e. The average Bonchev–Trinajstić information content (AvgIpc) is 3.20. The number of amides is 2. The molecule has 0 radical (unpaired) electrons. The van der Waals surface area contributed by atoms with E-state index in [-0.39, 0.29) is 6.03 Å². The third kappa shape index (κ3) is 3.95. The predicted molar refractivity (Wildman–Crippen MR) is 98.9 cm³/mol. The molecule has 2 amide bonds. The number of nitrogens with zero attached hydrogens (tertiary/aromatic N) is 3. The molecule has 1 atom stereocenters. The van der Waals surface area contributed by atoms with Gasteiger partial charge in [0.2, 0.25) is 0 Å². The minimum atomic E-state index is 0.0116. The number of carbonyl (C=O) groups is 1. The number of hydrogen-bond donors (Lipinski definition) is 1. The topological polar surface area (TPSA) is 58.1 Å². The van der Waals surface area contributed by atoms with Crippen LogP contribution in [0.15, 0.2) is 5.38 Å². The molecule has 1 N–H and O–H groups in total. The van der Waals surface area contributed by atoms with Crippen LogP contribution in [0.5, 0.6) is 0 Å². The van der Waals surface area contributed by atoms with E-state index in [9.17, 15) is 4.79 Å². The summed E-state index contributed by atoms with van der Waals surface area (Å²) in [5, 5.41) is 7.30. The molecule has 1 saturated heterocycles. The molecule has 0 aromatic carbocycles. The van der Waals surface area contributed by atoms with E-state index in [1.807, 2.05) is 11.8 Å². The Balaban J connectivity index is 1.56. The second-order valence-corrected chi connectivity index (χ2v) is 8.40. The van der Waals surface area contributed by atoms with Gasteiger partial charge in [0, 0.05) is 29.3 Å². The molecule has 3 heterocycles. The summed E-state index contributed by atoms with van der Waals surface area (Å²) in [6, 6.07) is 0.0116. The van der Waals surface area contributed by atoms with E-state index in [0.717, 1.165) is 48.7 Å². The van der Waals surface area contributed by atoms with Crippen molar-refractivity contribution in [3.8, 4) is 0 Å². The van der Waals surface area contributed by atoms with E-state index in [4.69, 9.17) is 4.98 Å². The molecule has 7 heteroatoms. The SMILES string of the molecule is CCc1csc(C2CCCN(C(=O)NCc3nc(C)c(C)s3)C2)n1. The van der Waals surface area contributed by atoms with Crippen molar-refractivity contribution in [2.24, 2.45) is 0 Å². The van der Waals surface area contributed by atoms with Gasteiger partial charge in [0.05, 0.1) is 22.9 Å². The minimum absolute atomic E-state index is 0.0116. The van der Waals surface area contributed by atoms with Gasteiger partial charge in [0.15, 0.2) is 0 Å². The lowest BCUT2D eigenvalue weighted by atomic mass is 9.99. The highest BCUT2D eigenvalue weighted by Gasteiger charge is 2.26. The Morgan fingerprint density at radius 3 is 2.92 bits per heavy atom. The Morgan fingerprint density at radius 2 is 2.25 bits per heavy atom. The number of carbonyl (C=O) groups excluding carboxylic acids is 1. The summed E-state index contributed by atoms with van der Waals surface area (Å²) < 4.78 is 0. The second kappa shape index (κ2) is 7.61. The number of aromatic nitrogens is 2. The number of nitrogens with one attached hydrogen (secondary N) is 1. The number of urea groups is 1. The van der Waals surface area contributed by atoms with Gasteiger partial charge in [0.1, 0.15) is 5.01 Å². The van der Waals surface area contributed by atoms with Gasteiger partial charge in [0.25, 0.3) is 0 Å². The lowest BCUT2D eigenvalue weighted by molar-refractivity contribution is 0.179. The van der Waals surface area contributed by atoms with Crippen LogP contribution in [-0.2, 0) is 13.0 Å². The number of aryl methyl sites for hydroxylation is 3. The zero-order chi connectivity index (χ0) is 17.1. The fourth-order valence-corrected chi connectivity index (χ4v) is 4.82. The normalized spacial score (nSPS) is 18.0. The van der Waals surface area contributed by atoms with Crippen LogP contribution in [0.4, 0.5) is 4.79 Å². The molecule has 1 fully saturated rings. The smallest absolute Gasteiger partial charge is 0.317 e. The predicted octanol–water partition coefficient (Wildman–Crippen LogP) is 3.87. The maximum atomic E-state index is 12.5. The van der Waals surface area contributed by atoms with Gasteiger partial charge in [-0.15, -0.1) is 22.7 Å². The highest BCUT2D eigenvalue weighted by Crippen LogP contribution is 2.29. The summed E-state index contributed by atoms with van der Waals surface area (Å²) in [6.45, 7) is 8.29. The van der Waals surface area contributed by atoms with Crippen molar-refractivity contribution >= 4 is 28.7 Å². The van der Waals surface area contributed by atoms with Gasteiger partial charge in [-0.05, 0) is 33.1 Å². The Kier molecular flexibility index (Phi) is 5.50. The Bertz CT molecular complexity index is 690. The minimum Gasteiger partial charge on any atom is -0.331 e. The summed E-state index contributed by atoms with van der Waals surface area (Å²) in [7, 11) is 0. The molecule has 24 heavy (non-hydrogen) atoms. The highest BCUT2D eigenvalue weighted by atomic mass is 32.1. The molecule has 0 aliphatic carbocycles. The van der Waals surface area contributed by atoms with Crippen molar-refractivity contribution in [2.45, 2.75) is 52.5 Å². The van der Waals surface area contributed by atoms with E-state index in [2.05, 4.69) is 29.5 Å². The third-order valence-electron chi connectivity index (χ3n) is 4.45. The fraction of sp³-hybridized carbons (Fsp3) is 0.588. The quantitative estimate of drug-likeness (QED) is 0.896. The molecule has 1 aliphatic heterocycles. The Labute approximate surface area is 151 Å².